The number of aryl methyl sites for hydroxylation is 2. The molecule has 1 atom stereocenters. The summed E-state index contributed by atoms with van der Waals surface area (Å²) in [5.74, 6) is 0.812. The van der Waals surface area contributed by atoms with E-state index in [1.807, 2.05) is 80.6 Å². The number of amides is 2. The molecule has 0 aromatic heterocycles. The zero-order chi connectivity index (χ0) is 25.7. The lowest BCUT2D eigenvalue weighted by Crippen LogP contribution is -2.44. The Bertz CT molecular complexity index is 1290. The zero-order valence-electron chi connectivity index (χ0n) is 20.8. The van der Waals surface area contributed by atoms with Crippen molar-refractivity contribution in [3.63, 3.8) is 0 Å². The molecule has 0 aliphatic carbocycles. The van der Waals surface area contributed by atoms with Gasteiger partial charge >= 0.3 is 0 Å². The summed E-state index contributed by atoms with van der Waals surface area (Å²) in [6.07, 6.45) is 0.0719. The number of benzene rings is 3. The average molecular weight is 504 g/mol. The van der Waals surface area contributed by atoms with E-state index >= 15 is 0 Å². The molecule has 1 saturated heterocycles. The van der Waals surface area contributed by atoms with Crippen LogP contribution in [0.15, 0.2) is 71.7 Å². The topological polar surface area (TPSA) is 80.2 Å². The monoisotopic (exact) mass is 503 g/mol. The maximum Gasteiger partial charge on any atom is 0.238 e. The van der Waals surface area contributed by atoms with Crippen molar-refractivity contribution >= 4 is 40.1 Å². The summed E-state index contributed by atoms with van der Waals surface area (Å²) in [6.45, 7) is 4.26. The van der Waals surface area contributed by atoms with Gasteiger partial charge < -0.3 is 14.8 Å². The number of rotatable bonds is 7. The van der Waals surface area contributed by atoms with E-state index in [0.717, 1.165) is 22.4 Å². The van der Waals surface area contributed by atoms with Gasteiger partial charge in [-0.1, -0.05) is 53.7 Å². The summed E-state index contributed by atoms with van der Waals surface area (Å²) >= 11 is 1.30. The van der Waals surface area contributed by atoms with Crippen LogP contribution in [0.3, 0.4) is 0 Å². The molecule has 1 N–H and O–H groups in total. The molecule has 1 heterocycles. The van der Waals surface area contributed by atoms with E-state index in [1.165, 1.54) is 11.8 Å². The molecule has 3 aromatic carbocycles. The van der Waals surface area contributed by atoms with Crippen molar-refractivity contribution in [1.82, 2.24) is 4.90 Å². The quantitative estimate of drug-likeness (QED) is 0.462. The first kappa shape index (κ1) is 25.3. The minimum Gasteiger partial charge on any atom is -0.493 e. The van der Waals surface area contributed by atoms with Gasteiger partial charge in [0.2, 0.25) is 11.8 Å². The van der Waals surface area contributed by atoms with Gasteiger partial charge in [-0.05, 0) is 55.3 Å². The average Bonchev–Trinajstić information content (AvgIpc) is 2.88. The summed E-state index contributed by atoms with van der Waals surface area (Å²) in [4.78, 5) is 32.9. The number of hydrogen-bond donors (Lipinski definition) is 1. The summed E-state index contributed by atoms with van der Waals surface area (Å²) in [5.41, 5.74) is 4.41. The normalized spacial score (nSPS) is 16.7. The highest BCUT2D eigenvalue weighted by atomic mass is 32.2. The Hall–Kier alpha value is -3.78. The fourth-order valence-corrected chi connectivity index (χ4v) is 5.04. The highest BCUT2D eigenvalue weighted by Crippen LogP contribution is 2.33. The minimum absolute atomic E-state index is 0.0719. The van der Waals surface area contributed by atoms with Crippen molar-refractivity contribution in [2.24, 2.45) is 4.99 Å². The highest BCUT2D eigenvalue weighted by Gasteiger charge is 2.36. The first-order valence-corrected chi connectivity index (χ1v) is 12.5. The van der Waals surface area contributed by atoms with Gasteiger partial charge in [0.05, 0.1) is 26.5 Å². The number of amidine groups is 1. The van der Waals surface area contributed by atoms with Crippen LogP contribution in [0.1, 0.15) is 23.1 Å². The van der Waals surface area contributed by atoms with Crippen LogP contribution in [0, 0.1) is 13.8 Å². The van der Waals surface area contributed by atoms with Gasteiger partial charge in [-0.2, -0.15) is 0 Å². The number of nitrogens with zero attached hydrogens (tertiary/aromatic N) is 2. The number of methoxy groups -OCH3 is 2. The van der Waals surface area contributed by atoms with Crippen LogP contribution in [-0.4, -0.2) is 41.4 Å². The Morgan fingerprint density at radius 2 is 1.78 bits per heavy atom. The predicted molar refractivity (Wildman–Crippen MR) is 144 cm³/mol. The molecule has 1 aliphatic heterocycles. The Balaban J connectivity index is 1.60. The largest absolute Gasteiger partial charge is 0.493 e. The number of para-hydroxylation sites is 1. The summed E-state index contributed by atoms with van der Waals surface area (Å²) in [7, 11) is 3.15. The van der Waals surface area contributed by atoms with Crippen molar-refractivity contribution in [1.29, 1.82) is 0 Å². The van der Waals surface area contributed by atoms with Gasteiger partial charge in [-0.3, -0.25) is 14.5 Å². The van der Waals surface area contributed by atoms with E-state index in [0.29, 0.717) is 28.9 Å². The van der Waals surface area contributed by atoms with Gasteiger partial charge in [0.15, 0.2) is 16.7 Å². The van der Waals surface area contributed by atoms with Crippen LogP contribution < -0.4 is 14.8 Å². The number of ether oxygens (including phenoxy) is 2. The molecule has 1 aliphatic rings. The number of anilines is 1. The van der Waals surface area contributed by atoms with E-state index in [1.54, 1.807) is 19.1 Å². The summed E-state index contributed by atoms with van der Waals surface area (Å²) in [5, 5.41) is 2.87. The lowest BCUT2D eigenvalue weighted by Gasteiger charge is -2.32. The molecule has 8 heteroatoms. The SMILES string of the molecule is COc1ccc(CN2C(=O)CC(C(=O)Nc3ccc(C)cc3C)SC2=Nc2ccccc2)cc1OC. The fraction of sp³-hybridized carbons (Fsp3) is 0.250. The molecule has 36 heavy (non-hydrogen) atoms. The third-order valence-electron chi connectivity index (χ3n) is 5.84. The lowest BCUT2D eigenvalue weighted by atomic mass is 10.1. The highest BCUT2D eigenvalue weighted by molar-refractivity contribution is 8.15. The number of aliphatic imine (C=N–C) groups is 1. The standard InChI is InChI=1S/C28H29N3O4S/c1-18-10-12-22(19(2)14-18)30-27(33)25-16-26(32)31(28(36-25)29-21-8-6-5-7-9-21)17-20-11-13-23(34-3)24(15-20)35-4/h5-15,25H,16-17H2,1-4H3,(H,30,33). The van der Waals surface area contributed by atoms with Crippen LogP contribution in [0.2, 0.25) is 0 Å². The van der Waals surface area contributed by atoms with Crippen LogP contribution in [0.5, 0.6) is 11.5 Å². The van der Waals surface area contributed by atoms with Crippen molar-refractivity contribution in [2.75, 3.05) is 19.5 Å². The maximum absolute atomic E-state index is 13.4. The smallest absolute Gasteiger partial charge is 0.238 e. The van der Waals surface area contributed by atoms with Crippen LogP contribution in [0.25, 0.3) is 0 Å². The number of thioether (sulfide) groups is 1. The van der Waals surface area contributed by atoms with Gasteiger partial charge in [0.25, 0.3) is 0 Å². The first-order chi connectivity index (χ1) is 17.4. The first-order valence-electron chi connectivity index (χ1n) is 11.6. The van der Waals surface area contributed by atoms with E-state index in [2.05, 4.69) is 5.32 Å². The fourth-order valence-electron chi connectivity index (χ4n) is 3.94. The molecule has 1 fully saturated rings. The van der Waals surface area contributed by atoms with Crippen molar-refractivity contribution in [3.05, 3.63) is 83.4 Å². The third kappa shape index (κ3) is 5.88. The van der Waals surface area contributed by atoms with E-state index in [9.17, 15) is 9.59 Å². The number of carbonyl (C=O) groups is 2. The molecule has 4 rings (SSSR count). The second-order valence-electron chi connectivity index (χ2n) is 8.52. The number of hydrogen-bond acceptors (Lipinski definition) is 6. The summed E-state index contributed by atoms with van der Waals surface area (Å²) < 4.78 is 10.7. The Morgan fingerprint density at radius 1 is 1.03 bits per heavy atom. The van der Waals surface area contributed by atoms with Crippen molar-refractivity contribution in [3.8, 4) is 11.5 Å². The van der Waals surface area contributed by atoms with E-state index in [-0.39, 0.29) is 18.2 Å². The maximum atomic E-state index is 13.4. The lowest BCUT2D eigenvalue weighted by molar-refractivity contribution is -0.129. The van der Waals surface area contributed by atoms with Crippen LogP contribution in [0.4, 0.5) is 11.4 Å². The Labute approximate surface area is 215 Å². The molecule has 0 saturated carbocycles. The van der Waals surface area contributed by atoms with Crippen LogP contribution in [-0.2, 0) is 16.1 Å². The third-order valence-corrected chi connectivity index (χ3v) is 7.03. The van der Waals surface area contributed by atoms with E-state index < -0.39 is 5.25 Å². The molecule has 0 bridgehead atoms. The molecule has 1 unspecified atom stereocenters. The number of carbonyl (C=O) groups excluding carboxylic acids is 2. The summed E-state index contributed by atoms with van der Waals surface area (Å²) in [6, 6.07) is 20.8. The molecular weight excluding hydrogens is 474 g/mol. The van der Waals surface area contributed by atoms with Crippen molar-refractivity contribution in [2.45, 2.75) is 32.1 Å². The van der Waals surface area contributed by atoms with E-state index in [4.69, 9.17) is 14.5 Å². The van der Waals surface area contributed by atoms with Gasteiger partial charge in [-0.25, -0.2) is 4.99 Å². The predicted octanol–water partition coefficient (Wildman–Crippen LogP) is 5.48. The van der Waals surface area contributed by atoms with Gasteiger partial charge in [0, 0.05) is 12.1 Å². The Kier molecular flexibility index (Phi) is 7.95. The zero-order valence-corrected chi connectivity index (χ0v) is 21.6. The second kappa shape index (κ2) is 11.3. The van der Waals surface area contributed by atoms with Gasteiger partial charge in [-0.15, -0.1) is 0 Å². The minimum atomic E-state index is -0.595. The molecule has 0 spiro atoms. The molecular formula is C28H29N3O4S. The molecule has 0 radical (unpaired) electrons. The second-order valence-corrected chi connectivity index (χ2v) is 9.69. The van der Waals surface area contributed by atoms with Crippen LogP contribution >= 0.6 is 11.8 Å². The Morgan fingerprint density at radius 3 is 2.47 bits per heavy atom. The van der Waals surface area contributed by atoms with Gasteiger partial charge in [0.1, 0.15) is 5.25 Å². The van der Waals surface area contributed by atoms with Crippen molar-refractivity contribution < 1.29 is 19.1 Å². The molecule has 186 valence electrons. The molecule has 7 nitrogen and oxygen atoms in total. The molecule has 3 aromatic rings. The number of nitrogens with one attached hydrogen (secondary N) is 1. The molecule has 2 amide bonds.